The standard InChI is InChI=1S/C36H25N7O10S3.3Na/c37-21-7-6-20-16-34(56(51,52)53)35(36(44)27(20)17-21)43-42-31-13-15-33(29-19-24(55(48,49)50)9-11-26(29)31)41-40-32-14-12-30(39-38-22-4-2-1-3-5-22)25-10-8-23(18-28(25)32)54(45,46)47;;;/h1-19,42H,37H2,(H,45,46,47)(H,48,49,50)(H,51,52,53);;;/q;3*+1/p-3/b39-38?,41-40?,43-35+;;;. The second-order valence-corrected chi connectivity index (χ2v) is 16.1. The number of nitrogens with two attached hydrogens (primary N) is 1. The van der Waals surface area contributed by atoms with Gasteiger partial charge in [0, 0.05) is 32.8 Å². The Labute approximate surface area is 403 Å². The van der Waals surface area contributed by atoms with Crippen molar-refractivity contribution in [1.29, 1.82) is 0 Å². The average Bonchev–Trinajstić information content (AvgIpc) is 3.15. The summed E-state index contributed by atoms with van der Waals surface area (Å²) < 4.78 is 109. The number of Topliss-reactive ketones (excluding diaryl/α,β-unsaturated/α-hetero) is 1. The number of nitrogens with zero attached hydrogens (tertiary/aromatic N) is 5. The zero-order valence-electron chi connectivity index (χ0n) is 31.1. The number of allylic oxidation sites excluding steroid dienone is 1. The number of hydrogen-bond acceptors (Lipinski definition) is 17. The molecule has 23 heteroatoms. The van der Waals surface area contributed by atoms with E-state index in [1.165, 1.54) is 54.6 Å². The molecule has 0 spiro atoms. The summed E-state index contributed by atoms with van der Waals surface area (Å²) in [4.78, 5) is 11.3. The minimum atomic E-state index is -5.22. The van der Waals surface area contributed by atoms with Gasteiger partial charge in [0.05, 0.1) is 43.1 Å². The molecule has 0 heterocycles. The molecule has 0 bridgehead atoms. The van der Waals surface area contributed by atoms with Gasteiger partial charge < -0.3 is 19.4 Å². The molecule has 0 saturated carbocycles. The van der Waals surface area contributed by atoms with Gasteiger partial charge in [-0.2, -0.15) is 10.2 Å². The number of nitrogens with one attached hydrogen (secondary N) is 1. The first-order valence-electron chi connectivity index (χ1n) is 15.9. The van der Waals surface area contributed by atoms with Crippen molar-refractivity contribution in [2.24, 2.45) is 25.6 Å². The van der Waals surface area contributed by atoms with Gasteiger partial charge in [0.15, 0.2) is 0 Å². The van der Waals surface area contributed by atoms with Crippen molar-refractivity contribution in [1.82, 2.24) is 0 Å². The second-order valence-electron chi connectivity index (χ2n) is 12.0. The summed E-state index contributed by atoms with van der Waals surface area (Å²) in [7, 11) is -15.1. The summed E-state index contributed by atoms with van der Waals surface area (Å²) in [6.45, 7) is 0. The van der Waals surface area contributed by atoms with Crippen LogP contribution in [-0.2, 0) is 30.4 Å². The molecule has 1 aliphatic rings. The second kappa shape index (κ2) is 19.0. The molecular weight excluding hydrogens is 856 g/mol. The maximum Gasteiger partial charge on any atom is 1.00 e. The number of anilines is 2. The van der Waals surface area contributed by atoms with Crippen molar-refractivity contribution < 1.29 is 132 Å². The molecule has 6 aromatic rings. The van der Waals surface area contributed by atoms with Gasteiger partial charge in [-0.1, -0.05) is 36.4 Å². The number of benzene rings is 6. The van der Waals surface area contributed by atoms with E-state index in [0.29, 0.717) is 16.8 Å². The van der Waals surface area contributed by atoms with Gasteiger partial charge in [-0.05, 0) is 84.4 Å². The Morgan fingerprint density at radius 1 is 0.542 bits per heavy atom. The predicted octanol–water partition coefficient (Wildman–Crippen LogP) is -2.22. The van der Waals surface area contributed by atoms with Gasteiger partial charge in [-0.25, -0.2) is 25.3 Å². The Hall–Kier alpha value is -3.55. The van der Waals surface area contributed by atoms with Crippen molar-refractivity contribution >= 4 is 104 Å². The minimum absolute atomic E-state index is 0. The first-order chi connectivity index (χ1) is 26.5. The number of azo groups is 2. The minimum Gasteiger partial charge on any atom is -0.744 e. The van der Waals surface area contributed by atoms with Crippen LogP contribution >= 0.6 is 0 Å². The third-order valence-electron chi connectivity index (χ3n) is 8.39. The van der Waals surface area contributed by atoms with Crippen LogP contribution in [0.15, 0.2) is 149 Å². The summed E-state index contributed by atoms with van der Waals surface area (Å²) in [5.41, 5.74) is 8.88. The van der Waals surface area contributed by atoms with Gasteiger partial charge in [0.1, 0.15) is 36.1 Å². The van der Waals surface area contributed by atoms with Gasteiger partial charge in [-0.3, -0.25) is 10.2 Å². The van der Waals surface area contributed by atoms with Crippen LogP contribution < -0.4 is 99.8 Å². The van der Waals surface area contributed by atoms with Crippen LogP contribution in [-0.4, -0.2) is 50.4 Å². The Morgan fingerprint density at radius 2 is 1.07 bits per heavy atom. The van der Waals surface area contributed by atoms with Crippen LogP contribution in [0.3, 0.4) is 0 Å². The molecule has 282 valence electrons. The Balaban J connectivity index is 0.00000256. The number of ketones is 1. The summed E-state index contributed by atoms with van der Waals surface area (Å²) >= 11 is 0. The van der Waals surface area contributed by atoms with E-state index < -0.39 is 56.5 Å². The number of hydrogen-bond donors (Lipinski definition) is 2. The molecule has 0 aliphatic heterocycles. The van der Waals surface area contributed by atoms with Crippen LogP contribution in [0.25, 0.3) is 27.6 Å². The number of carbonyl (C=O) groups is 1. The Bertz CT molecular complexity index is 3130. The van der Waals surface area contributed by atoms with E-state index >= 15 is 0 Å². The fraction of sp³-hybridized carbons (Fsp3) is 0. The van der Waals surface area contributed by atoms with Gasteiger partial charge in [-0.15, -0.1) is 15.3 Å². The number of carbonyl (C=O) groups excluding carboxylic acids is 1. The van der Waals surface area contributed by atoms with Crippen molar-refractivity contribution in [2.75, 3.05) is 11.2 Å². The largest absolute Gasteiger partial charge is 1.00 e. The number of rotatable bonds is 9. The van der Waals surface area contributed by atoms with Crippen LogP contribution in [0.2, 0.25) is 0 Å². The van der Waals surface area contributed by atoms with Crippen molar-refractivity contribution in [3.8, 4) is 0 Å². The predicted molar refractivity (Wildman–Crippen MR) is 203 cm³/mol. The molecule has 7 rings (SSSR count). The summed E-state index contributed by atoms with van der Waals surface area (Å²) in [6, 6.07) is 25.3. The maximum absolute atomic E-state index is 13.4. The molecular formula is C36H22N7Na3O10S3. The van der Waals surface area contributed by atoms with E-state index in [-0.39, 0.29) is 139 Å². The molecule has 0 atom stereocenters. The zero-order valence-corrected chi connectivity index (χ0v) is 39.5. The third-order valence-corrected chi connectivity index (χ3v) is 10.9. The quantitative estimate of drug-likeness (QED) is 0.0514. The Kier molecular flexibility index (Phi) is 15.5. The molecule has 17 nitrogen and oxygen atoms in total. The summed E-state index contributed by atoms with van der Waals surface area (Å²) in [5.74, 6) is -0.918. The molecule has 0 radical (unpaired) electrons. The molecule has 0 unspecified atom stereocenters. The number of fused-ring (bicyclic) bond motifs is 3. The summed E-state index contributed by atoms with van der Waals surface area (Å²) in [5, 5.41) is 21.6. The fourth-order valence-electron chi connectivity index (χ4n) is 5.75. The fourth-order valence-corrected chi connectivity index (χ4v) is 7.39. The van der Waals surface area contributed by atoms with E-state index in [0.717, 1.165) is 30.3 Å². The molecule has 0 amide bonds. The normalized spacial score (nSPS) is 13.8. The van der Waals surface area contributed by atoms with E-state index in [1.54, 1.807) is 30.3 Å². The van der Waals surface area contributed by atoms with E-state index in [1.807, 2.05) is 0 Å². The van der Waals surface area contributed by atoms with Crippen LogP contribution in [0.1, 0.15) is 15.9 Å². The van der Waals surface area contributed by atoms with Gasteiger partial charge >= 0.3 is 88.7 Å². The van der Waals surface area contributed by atoms with Crippen LogP contribution in [0.5, 0.6) is 0 Å². The van der Waals surface area contributed by atoms with E-state index in [9.17, 15) is 43.7 Å². The van der Waals surface area contributed by atoms with Crippen molar-refractivity contribution in [3.63, 3.8) is 0 Å². The first kappa shape index (κ1) is 48.1. The van der Waals surface area contributed by atoms with Crippen molar-refractivity contribution in [3.05, 3.63) is 125 Å². The zero-order chi connectivity index (χ0) is 40.0. The monoisotopic (exact) mass is 877 g/mol. The molecule has 0 aromatic heterocycles. The van der Waals surface area contributed by atoms with Gasteiger partial charge in [0.2, 0.25) is 5.78 Å². The first-order valence-corrected chi connectivity index (χ1v) is 20.1. The maximum atomic E-state index is 13.4. The topological polar surface area (TPSA) is 289 Å². The molecule has 0 fully saturated rings. The van der Waals surface area contributed by atoms with E-state index in [2.05, 4.69) is 31.0 Å². The van der Waals surface area contributed by atoms with Crippen LogP contribution in [0.4, 0.5) is 34.1 Å². The third kappa shape index (κ3) is 10.7. The number of nitrogen functional groups attached to an aromatic ring is 1. The number of hydrazone groups is 1. The summed E-state index contributed by atoms with van der Waals surface area (Å²) in [6.07, 6.45) is 0.990. The molecule has 6 aromatic carbocycles. The molecule has 1 aliphatic carbocycles. The Morgan fingerprint density at radius 3 is 1.64 bits per heavy atom. The van der Waals surface area contributed by atoms with E-state index in [4.69, 9.17) is 5.73 Å². The van der Waals surface area contributed by atoms with Crippen LogP contribution in [0, 0.1) is 0 Å². The molecule has 0 saturated heterocycles. The van der Waals surface area contributed by atoms with Crippen molar-refractivity contribution in [2.45, 2.75) is 9.79 Å². The van der Waals surface area contributed by atoms with Gasteiger partial charge in [0.25, 0.3) is 0 Å². The molecule has 3 N–H and O–H groups in total. The smallest absolute Gasteiger partial charge is 0.744 e. The average molecular weight is 878 g/mol. The molecule has 59 heavy (non-hydrogen) atoms. The SMILES string of the molecule is Nc1ccc2c(c1)C(=O)/C(=N/Nc1ccc(N=Nc3ccc(N=Nc4ccccc4)c4ccc(S(=O)(=O)[O-])cc34)c3cc(S(=O)(=O)[O-])ccc13)C(S(=O)(=O)[O-])=C2.[Na+].[Na+].[Na+].